The van der Waals surface area contributed by atoms with Gasteiger partial charge in [-0.15, -0.1) is 10.2 Å². The van der Waals surface area contributed by atoms with Crippen LogP contribution >= 0.6 is 0 Å². The fourth-order valence-electron chi connectivity index (χ4n) is 1.56. The summed E-state index contributed by atoms with van der Waals surface area (Å²) in [5, 5.41) is 11.4. The average molecular weight is 243 g/mol. The minimum absolute atomic E-state index is 0.791. The molecule has 0 aliphatic heterocycles. The molecule has 0 fully saturated rings. The second kappa shape index (κ2) is 5.44. The molecule has 2 aromatic heterocycles. The Labute approximate surface area is 107 Å². The lowest BCUT2D eigenvalue weighted by molar-refractivity contribution is 1.01. The maximum atomic E-state index is 4.36. The molecular weight excluding hydrogens is 226 g/mol. The van der Waals surface area contributed by atoms with Gasteiger partial charge in [0.2, 0.25) is 0 Å². The number of anilines is 2. The van der Waals surface area contributed by atoms with Crippen molar-refractivity contribution < 1.29 is 0 Å². The van der Waals surface area contributed by atoms with E-state index in [1.807, 2.05) is 56.4 Å². The molecule has 18 heavy (non-hydrogen) atoms. The summed E-state index contributed by atoms with van der Waals surface area (Å²) in [6, 6.07) is 7.83. The van der Waals surface area contributed by atoms with Crippen molar-refractivity contribution in [1.82, 2.24) is 15.2 Å². The molecule has 94 valence electrons. The van der Waals surface area contributed by atoms with Crippen LogP contribution in [0.5, 0.6) is 0 Å². The number of rotatable bonds is 4. The van der Waals surface area contributed by atoms with Gasteiger partial charge in [-0.25, -0.2) is 4.98 Å². The van der Waals surface area contributed by atoms with Crippen molar-refractivity contribution in [2.45, 2.75) is 6.92 Å². The van der Waals surface area contributed by atoms with Gasteiger partial charge >= 0.3 is 0 Å². The van der Waals surface area contributed by atoms with Crippen molar-refractivity contribution in [2.24, 2.45) is 0 Å². The van der Waals surface area contributed by atoms with E-state index in [2.05, 4.69) is 20.5 Å². The Kier molecular flexibility index (Phi) is 3.72. The van der Waals surface area contributed by atoms with Crippen LogP contribution in [0.15, 0.2) is 30.5 Å². The van der Waals surface area contributed by atoms with Gasteiger partial charge in [-0.2, -0.15) is 0 Å². The van der Waals surface area contributed by atoms with Crippen LogP contribution in [0.25, 0.3) is 11.3 Å². The first kappa shape index (κ1) is 12.3. The van der Waals surface area contributed by atoms with E-state index in [1.54, 1.807) is 0 Å². The zero-order chi connectivity index (χ0) is 13.0. The first-order valence-corrected chi connectivity index (χ1v) is 5.92. The van der Waals surface area contributed by atoms with Crippen LogP contribution in [0.1, 0.15) is 6.92 Å². The predicted molar refractivity (Wildman–Crippen MR) is 73.8 cm³/mol. The molecule has 1 N–H and O–H groups in total. The lowest BCUT2D eigenvalue weighted by atomic mass is 10.2. The Hall–Kier alpha value is -2.17. The summed E-state index contributed by atoms with van der Waals surface area (Å²) in [7, 11) is 3.93. The Morgan fingerprint density at radius 2 is 1.94 bits per heavy atom. The van der Waals surface area contributed by atoms with E-state index in [4.69, 9.17) is 0 Å². The zero-order valence-corrected chi connectivity index (χ0v) is 10.9. The maximum Gasteiger partial charge on any atom is 0.148 e. The summed E-state index contributed by atoms with van der Waals surface area (Å²) in [6.07, 6.45) is 1.81. The molecule has 0 bridgehead atoms. The molecule has 5 nitrogen and oxygen atoms in total. The molecule has 0 spiro atoms. The van der Waals surface area contributed by atoms with E-state index in [1.165, 1.54) is 0 Å². The van der Waals surface area contributed by atoms with Crippen molar-refractivity contribution in [2.75, 3.05) is 30.9 Å². The Morgan fingerprint density at radius 3 is 2.44 bits per heavy atom. The number of nitrogens with one attached hydrogen (secondary N) is 1. The molecule has 0 amide bonds. The Morgan fingerprint density at radius 1 is 1.11 bits per heavy atom. The van der Waals surface area contributed by atoms with E-state index < -0.39 is 0 Å². The van der Waals surface area contributed by atoms with Crippen LogP contribution in [0, 0.1) is 0 Å². The molecule has 0 aliphatic rings. The summed E-state index contributed by atoms with van der Waals surface area (Å²) in [5.74, 6) is 1.72. The SMILES string of the molecule is CCNc1ccc(-c2ccc(N(C)C)nc2)nn1. The highest BCUT2D eigenvalue weighted by atomic mass is 15.2. The van der Waals surface area contributed by atoms with Gasteiger partial charge in [-0.05, 0) is 31.2 Å². The first-order chi connectivity index (χ1) is 8.70. The topological polar surface area (TPSA) is 53.9 Å². The number of hydrogen-bond donors (Lipinski definition) is 1. The van der Waals surface area contributed by atoms with Crippen LogP contribution in [-0.4, -0.2) is 35.8 Å². The smallest absolute Gasteiger partial charge is 0.148 e. The second-order valence-electron chi connectivity index (χ2n) is 4.13. The Bertz CT molecular complexity index is 490. The van der Waals surface area contributed by atoms with E-state index in [0.717, 1.165) is 29.4 Å². The van der Waals surface area contributed by atoms with Crippen LogP contribution in [0.4, 0.5) is 11.6 Å². The maximum absolute atomic E-state index is 4.36. The van der Waals surface area contributed by atoms with Crippen molar-refractivity contribution in [1.29, 1.82) is 0 Å². The van der Waals surface area contributed by atoms with Crippen LogP contribution < -0.4 is 10.2 Å². The molecule has 2 heterocycles. The highest BCUT2D eigenvalue weighted by Crippen LogP contribution is 2.18. The molecule has 5 heteroatoms. The second-order valence-corrected chi connectivity index (χ2v) is 4.13. The third kappa shape index (κ3) is 2.74. The van der Waals surface area contributed by atoms with Gasteiger partial charge in [0.25, 0.3) is 0 Å². The molecule has 2 rings (SSSR count). The fourth-order valence-corrected chi connectivity index (χ4v) is 1.56. The lowest BCUT2D eigenvalue weighted by Gasteiger charge is -2.11. The van der Waals surface area contributed by atoms with E-state index in [-0.39, 0.29) is 0 Å². The summed E-state index contributed by atoms with van der Waals surface area (Å²) >= 11 is 0. The lowest BCUT2D eigenvalue weighted by Crippen LogP contribution is -2.10. The minimum Gasteiger partial charge on any atom is -0.369 e. The van der Waals surface area contributed by atoms with Crippen molar-refractivity contribution >= 4 is 11.6 Å². The van der Waals surface area contributed by atoms with Gasteiger partial charge in [0.15, 0.2) is 0 Å². The zero-order valence-electron chi connectivity index (χ0n) is 10.9. The molecule has 2 aromatic rings. The third-order valence-electron chi connectivity index (χ3n) is 2.52. The highest BCUT2D eigenvalue weighted by molar-refractivity contribution is 5.60. The van der Waals surface area contributed by atoms with E-state index >= 15 is 0 Å². The molecule has 0 radical (unpaired) electrons. The van der Waals surface area contributed by atoms with Crippen LogP contribution in [0.3, 0.4) is 0 Å². The molecule has 0 aliphatic carbocycles. The first-order valence-electron chi connectivity index (χ1n) is 5.92. The minimum atomic E-state index is 0.791. The van der Waals surface area contributed by atoms with Crippen molar-refractivity contribution in [3.8, 4) is 11.3 Å². The van der Waals surface area contributed by atoms with Crippen molar-refractivity contribution in [3.05, 3.63) is 30.5 Å². The third-order valence-corrected chi connectivity index (χ3v) is 2.52. The predicted octanol–water partition coefficient (Wildman–Crippen LogP) is 2.04. The molecular formula is C13H17N5. The van der Waals surface area contributed by atoms with Gasteiger partial charge in [-0.1, -0.05) is 0 Å². The largest absolute Gasteiger partial charge is 0.369 e. The number of hydrogen-bond acceptors (Lipinski definition) is 5. The van der Waals surface area contributed by atoms with Crippen LogP contribution in [-0.2, 0) is 0 Å². The summed E-state index contributed by atoms with van der Waals surface area (Å²) in [4.78, 5) is 6.32. The summed E-state index contributed by atoms with van der Waals surface area (Å²) in [6.45, 7) is 2.87. The monoisotopic (exact) mass is 243 g/mol. The normalized spacial score (nSPS) is 10.2. The van der Waals surface area contributed by atoms with Gasteiger partial charge < -0.3 is 10.2 Å². The van der Waals surface area contributed by atoms with Crippen LogP contribution in [0.2, 0.25) is 0 Å². The highest BCUT2D eigenvalue weighted by Gasteiger charge is 2.02. The van der Waals surface area contributed by atoms with Crippen molar-refractivity contribution in [3.63, 3.8) is 0 Å². The van der Waals surface area contributed by atoms with Gasteiger partial charge in [0.05, 0.1) is 5.69 Å². The molecule has 0 saturated carbocycles. The van der Waals surface area contributed by atoms with Gasteiger partial charge in [-0.3, -0.25) is 0 Å². The molecule has 0 atom stereocenters. The average Bonchev–Trinajstić information content (AvgIpc) is 2.40. The van der Waals surface area contributed by atoms with Gasteiger partial charge in [0.1, 0.15) is 11.6 Å². The molecule has 0 aromatic carbocycles. The Balaban J connectivity index is 2.20. The quantitative estimate of drug-likeness (QED) is 0.890. The fraction of sp³-hybridized carbons (Fsp3) is 0.308. The van der Waals surface area contributed by atoms with E-state index in [9.17, 15) is 0 Å². The number of nitrogens with zero attached hydrogens (tertiary/aromatic N) is 4. The van der Waals surface area contributed by atoms with E-state index in [0.29, 0.717) is 0 Å². The number of pyridine rings is 1. The summed E-state index contributed by atoms with van der Waals surface area (Å²) < 4.78 is 0. The number of aromatic nitrogens is 3. The molecule has 0 saturated heterocycles. The molecule has 0 unspecified atom stereocenters. The summed E-state index contributed by atoms with van der Waals surface area (Å²) in [5.41, 5.74) is 1.80. The standard InChI is InChI=1S/C13H17N5/c1-4-14-12-7-6-11(16-17-12)10-5-8-13(15-9-10)18(2)3/h5-9H,4H2,1-3H3,(H,14,17). The van der Waals surface area contributed by atoms with Gasteiger partial charge in [0, 0.05) is 32.4 Å².